The van der Waals surface area contributed by atoms with Crippen LogP contribution in [0.2, 0.25) is 0 Å². The Bertz CT molecular complexity index is 1010. The topological polar surface area (TPSA) is 67.4 Å². The Morgan fingerprint density at radius 2 is 1.62 bits per heavy atom. The van der Waals surface area contributed by atoms with Crippen LogP contribution >= 0.6 is 11.8 Å². The van der Waals surface area contributed by atoms with Gasteiger partial charge in [0.15, 0.2) is 0 Å². The molecule has 0 saturated heterocycles. The third-order valence-electron chi connectivity index (χ3n) is 3.98. The minimum Gasteiger partial charge on any atom is -0.496 e. The van der Waals surface area contributed by atoms with Crippen LogP contribution in [-0.2, 0) is 4.79 Å². The highest BCUT2D eigenvalue weighted by Gasteiger charge is 2.14. The first-order valence-electron chi connectivity index (χ1n) is 8.78. The van der Waals surface area contributed by atoms with Gasteiger partial charge in [0.1, 0.15) is 11.6 Å². The van der Waals surface area contributed by atoms with Crippen LogP contribution in [-0.4, -0.2) is 24.7 Å². The summed E-state index contributed by atoms with van der Waals surface area (Å²) in [4.78, 5) is 25.9. The van der Waals surface area contributed by atoms with Crippen LogP contribution in [0.15, 0.2) is 77.7 Å². The Balaban J connectivity index is 1.66. The second-order valence-corrected chi connectivity index (χ2v) is 7.01. The van der Waals surface area contributed by atoms with Crippen molar-refractivity contribution in [2.24, 2.45) is 0 Å². The van der Waals surface area contributed by atoms with E-state index in [2.05, 4.69) is 10.6 Å². The lowest BCUT2D eigenvalue weighted by Gasteiger charge is -2.12. The molecule has 2 N–H and O–H groups in total. The summed E-state index contributed by atoms with van der Waals surface area (Å²) in [5.41, 5.74) is 1.18. The molecule has 0 atom stereocenters. The molecule has 0 aliphatic heterocycles. The number of methoxy groups -OCH3 is 1. The molecule has 0 aromatic heterocycles. The van der Waals surface area contributed by atoms with Crippen molar-refractivity contribution in [1.82, 2.24) is 0 Å². The molecule has 5 nitrogen and oxygen atoms in total. The van der Waals surface area contributed by atoms with Crippen LogP contribution < -0.4 is 15.4 Å². The summed E-state index contributed by atoms with van der Waals surface area (Å²) in [6.45, 7) is 0. The molecule has 148 valence electrons. The zero-order valence-corrected chi connectivity index (χ0v) is 16.5. The Morgan fingerprint density at radius 3 is 2.38 bits per heavy atom. The summed E-state index contributed by atoms with van der Waals surface area (Å²) < 4.78 is 18.3. The highest BCUT2D eigenvalue weighted by molar-refractivity contribution is 8.00. The molecule has 0 heterocycles. The van der Waals surface area contributed by atoms with Crippen LogP contribution in [0.3, 0.4) is 0 Å². The number of amides is 2. The first-order chi connectivity index (χ1) is 14.1. The van der Waals surface area contributed by atoms with E-state index in [0.717, 1.165) is 4.90 Å². The summed E-state index contributed by atoms with van der Waals surface area (Å²) in [5.74, 6) is -0.172. The molecule has 0 aliphatic carbocycles. The van der Waals surface area contributed by atoms with Crippen LogP contribution in [0.1, 0.15) is 10.4 Å². The first-order valence-corrected chi connectivity index (χ1v) is 9.77. The third kappa shape index (κ3) is 5.58. The number of hydrogen-bond donors (Lipinski definition) is 2. The number of rotatable bonds is 7. The molecule has 0 aliphatic rings. The second-order valence-electron chi connectivity index (χ2n) is 5.99. The standard InChI is InChI=1S/C22H19FN2O3S/c1-28-19-8-4-5-9-20(19)29-14-21(26)25-18-7-3-2-6-17(18)22(27)24-16-12-10-15(23)11-13-16/h2-13H,14H2,1H3,(H,24,27)(H,25,26). The largest absolute Gasteiger partial charge is 0.496 e. The maximum absolute atomic E-state index is 13.0. The van der Waals surface area contributed by atoms with Gasteiger partial charge in [-0.1, -0.05) is 24.3 Å². The van der Waals surface area contributed by atoms with Gasteiger partial charge in [0, 0.05) is 10.6 Å². The van der Waals surface area contributed by atoms with Crippen LogP contribution in [0.25, 0.3) is 0 Å². The second kappa shape index (κ2) is 9.75. The van der Waals surface area contributed by atoms with Crippen LogP contribution in [0.4, 0.5) is 15.8 Å². The molecule has 0 bridgehead atoms. The first kappa shape index (κ1) is 20.4. The van der Waals surface area contributed by atoms with E-state index in [1.165, 1.54) is 36.0 Å². The lowest BCUT2D eigenvalue weighted by Crippen LogP contribution is -2.19. The number of thioether (sulfide) groups is 1. The molecule has 3 aromatic rings. The fourth-order valence-electron chi connectivity index (χ4n) is 2.59. The van der Waals surface area contributed by atoms with Gasteiger partial charge in [-0.05, 0) is 48.5 Å². The summed E-state index contributed by atoms with van der Waals surface area (Å²) in [6, 6.07) is 19.6. The Hall–Kier alpha value is -3.32. The lowest BCUT2D eigenvalue weighted by molar-refractivity contribution is -0.113. The van der Waals surface area contributed by atoms with E-state index in [1.54, 1.807) is 31.4 Å². The normalized spacial score (nSPS) is 10.3. The minimum absolute atomic E-state index is 0.161. The van der Waals surface area contributed by atoms with Crippen LogP contribution in [0, 0.1) is 5.82 Å². The number of carbonyl (C=O) groups excluding carboxylic acids is 2. The van der Waals surface area contributed by atoms with E-state index in [-0.39, 0.29) is 17.5 Å². The van der Waals surface area contributed by atoms with Gasteiger partial charge in [0.25, 0.3) is 5.91 Å². The predicted octanol–water partition coefficient (Wildman–Crippen LogP) is 4.82. The monoisotopic (exact) mass is 410 g/mol. The molecule has 0 radical (unpaired) electrons. The van der Waals surface area contributed by atoms with E-state index >= 15 is 0 Å². The van der Waals surface area contributed by atoms with Crippen molar-refractivity contribution >= 4 is 35.0 Å². The molecule has 3 rings (SSSR count). The molecule has 0 spiro atoms. The molecule has 3 aromatic carbocycles. The van der Waals surface area contributed by atoms with E-state index in [9.17, 15) is 14.0 Å². The highest BCUT2D eigenvalue weighted by Crippen LogP contribution is 2.28. The van der Waals surface area contributed by atoms with Gasteiger partial charge in [-0.25, -0.2) is 4.39 Å². The Labute approximate surface area is 172 Å². The fourth-order valence-corrected chi connectivity index (χ4v) is 3.42. The highest BCUT2D eigenvalue weighted by atomic mass is 32.2. The van der Waals surface area contributed by atoms with Gasteiger partial charge in [-0.3, -0.25) is 9.59 Å². The van der Waals surface area contributed by atoms with Crippen molar-refractivity contribution in [2.45, 2.75) is 4.90 Å². The van der Waals surface area contributed by atoms with Gasteiger partial charge < -0.3 is 15.4 Å². The van der Waals surface area contributed by atoms with Gasteiger partial charge in [0.2, 0.25) is 5.91 Å². The Morgan fingerprint density at radius 1 is 0.931 bits per heavy atom. The van der Waals surface area contributed by atoms with E-state index < -0.39 is 5.91 Å². The van der Waals surface area contributed by atoms with Gasteiger partial charge in [-0.2, -0.15) is 0 Å². The zero-order valence-electron chi connectivity index (χ0n) is 15.6. The van der Waals surface area contributed by atoms with Gasteiger partial charge >= 0.3 is 0 Å². The van der Waals surface area contributed by atoms with E-state index in [0.29, 0.717) is 22.7 Å². The minimum atomic E-state index is -0.398. The molecule has 0 saturated carbocycles. The van der Waals surface area contributed by atoms with Gasteiger partial charge in [0.05, 0.1) is 24.1 Å². The fraction of sp³-hybridized carbons (Fsp3) is 0.0909. The third-order valence-corrected chi connectivity index (χ3v) is 5.03. The molecular weight excluding hydrogens is 391 g/mol. The maximum Gasteiger partial charge on any atom is 0.257 e. The van der Waals surface area contributed by atoms with Crippen molar-refractivity contribution in [1.29, 1.82) is 0 Å². The SMILES string of the molecule is COc1ccccc1SCC(=O)Nc1ccccc1C(=O)Nc1ccc(F)cc1. The quantitative estimate of drug-likeness (QED) is 0.548. The summed E-state index contributed by atoms with van der Waals surface area (Å²) >= 11 is 1.34. The smallest absolute Gasteiger partial charge is 0.257 e. The van der Waals surface area contributed by atoms with Crippen LogP contribution in [0.5, 0.6) is 5.75 Å². The lowest BCUT2D eigenvalue weighted by atomic mass is 10.1. The van der Waals surface area contributed by atoms with Crippen molar-refractivity contribution in [2.75, 3.05) is 23.5 Å². The van der Waals surface area contributed by atoms with Crippen molar-refractivity contribution < 1.29 is 18.7 Å². The van der Waals surface area contributed by atoms with E-state index in [1.807, 2.05) is 24.3 Å². The molecular formula is C22H19FN2O3S. The number of halogens is 1. The van der Waals surface area contributed by atoms with Crippen molar-refractivity contribution in [3.63, 3.8) is 0 Å². The van der Waals surface area contributed by atoms with Crippen molar-refractivity contribution in [3.8, 4) is 5.75 Å². The van der Waals surface area contributed by atoms with Crippen molar-refractivity contribution in [3.05, 3.63) is 84.2 Å². The Kier molecular flexibility index (Phi) is 6.86. The summed E-state index contributed by atoms with van der Waals surface area (Å²) in [5, 5.41) is 5.47. The van der Waals surface area contributed by atoms with Gasteiger partial charge in [-0.15, -0.1) is 11.8 Å². The maximum atomic E-state index is 13.0. The molecule has 7 heteroatoms. The van der Waals surface area contributed by atoms with E-state index in [4.69, 9.17) is 4.74 Å². The average molecular weight is 410 g/mol. The number of carbonyl (C=O) groups is 2. The number of ether oxygens (including phenoxy) is 1. The predicted molar refractivity (Wildman–Crippen MR) is 113 cm³/mol. The summed E-state index contributed by atoms with van der Waals surface area (Å²) in [7, 11) is 1.58. The average Bonchev–Trinajstić information content (AvgIpc) is 2.74. The molecule has 29 heavy (non-hydrogen) atoms. The molecule has 2 amide bonds. The zero-order chi connectivity index (χ0) is 20.6. The number of anilines is 2. The number of nitrogens with one attached hydrogen (secondary N) is 2. The summed E-state index contributed by atoms with van der Waals surface area (Å²) in [6.07, 6.45) is 0. The number of hydrogen-bond acceptors (Lipinski definition) is 4. The molecule has 0 fully saturated rings. The number of para-hydroxylation sites is 2. The molecule has 0 unspecified atom stereocenters. The number of benzene rings is 3.